The van der Waals surface area contributed by atoms with Gasteiger partial charge in [0.05, 0.1) is 11.4 Å². The average Bonchev–Trinajstić information content (AvgIpc) is 2.30. The zero-order valence-corrected chi connectivity index (χ0v) is 7.47. The Morgan fingerprint density at radius 3 is 1.93 bits per heavy atom. The average molecular weight is 185 g/mol. The first kappa shape index (κ1) is 6.49. The third-order valence-electron chi connectivity index (χ3n) is 2.19. The highest BCUT2D eigenvalue weighted by atomic mass is 16.5. The second-order valence-corrected chi connectivity index (χ2v) is 3.15. The molecule has 0 spiro atoms. The maximum Gasteiger partial charge on any atom is 0.167 e. The molecule has 3 rings (SSSR count). The minimum atomic E-state index is 0.728. The Bertz CT molecular complexity index is 467. The van der Waals surface area contributed by atoms with Crippen LogP contribution in [0.1, 0.15) is 0 Å². The van der Waals surface area contributed by atoms with Crippen molar-refractivity contribution in [1.29, 1.82) is 0 Å². The molecule has 2 heteroatoms. The number of ether oxygens (including phenoxy) is 1. The Morgan fingerprint density at radius 1 is 0.857 bits per heavy atom. The highest BCUT2D eigenvalue weighted by Gasteiger charge is 2.13. The second-order valence-electron chi connectivity index (χ2n) is 3.15. The normalized spacial score (nSPS) is 13.7. The van der Waals surface area contributed by atoms with Crippen molar-refractivity contribution in [1.82, 2.24) is 0 Å². The standard InChI is InChI=1S/C12H9NO/c1-3-7-11-9(5-1)13-10-6-2-4-8-12(10)14-11/h1-8,13H/i/hT. The molecule has 2 nitrogen and oxygen atoms in total. The van der Waals surface area contributed by atoms with Crippen LogP contribution in [0.5, 0.6) is 11.5 Å². The summed E-state index contributed by atoms with van der Waals surface area (Å²) in [7, 11) is 0. The summed E-state index contributed by atoms with van der Waals surface area (Å²) in [6.45, 7) is 0. The van der Waals surface area contributed by atoms with Gasteiger partial charge in [0.25, 0.3) is 0 Å². The van der Waals surface area contributed by atoms with Crippen molar-refractivity contribution < 1.29 is 6.15 Å². The summed E-state index contributed by atoms with van der Waals surface area (Å²) in [5.41, 5.74) is 1.55. The van der Waals surface area contributed by atoms with Crippen LogP contribution in [-0.4, -0.2) is 0 Å². The Balaban J connectivity index is 2.20. The molecule has 0 bridgehead atoms. The van der Waals surface area contributed by atoms with Crippen molar-refractivity contribution in [2.45, 2.75) is 0 Å². The SMILES string of the molecule is [3H]N1c2ccccc2Oc2ccccc21. The molecule has 2 aromatic carbocycles. The van der Waals surface area contributed by atoms with Crippen molar-refractivity contribution in [2.24, 2.45) is 0 Å². The van der Waals surface area contributed by atoms with Crippen LogP contribution in [0.2, 0.25) is 1.41 Å². The minimum Gasteiger partial charge on any atom is -0.453 e. The van der Waals surface area contributed by atoms with Gasteiger partial charge in [0.1, 0.15) is 0 Å². The first-order chi connectivity index (χ1) is 7.36. The van der Waals surface area contributed by atoms with E-state index < -0.39 is 0 Å². The van der Waals surface area contributed by atoms with E-state index in [1.54, 1.807) is 0 Å². The summed E-state index contributed by atoms with van der Waals surface area (Å²) in [6, 6.07) is 15.1. The van der Waals surface area contributed by atoms with Gasteiger partial charge >= 0.3 is 0 Å². The molecule has 1 aliphatic rings. The number of fused-ring (bicyclic) bond motifs is 2. The highest BCUT2D eigenvalue weighted by Crippen LogP contribution is 2.40. The van der Waals surface area contributed by atoms with E-state index in [-0.39, 0.29) is 0 Å². The second kappa shape index (κ2) is 2.77. The molecule has 0 unspecified atom stereocenters. The maximum absolute atomic E-state index is 7.99. The maximum atomic E-state index is 7.99. The van der Waals surface area contributed by atoms with E-state index in [2.05, 4.69) is 0 Å². The van der Waals surface area contributed by atoms with Gasteiger partial charge in [0.15, 0.2) is 12.9 Å². The van der Waals surface area contributed by atoms with Gasteiger partial charge in [-0.2, -0.15) is 0 Å². The van der Waals surface area contributed by atoms with E-state index in [1.165, 1.54) is 5.31 Å². The van der Waals surface area contributed by atoms with Gasteiger partial charge in [0.2, 0.25) is 0 Å². The van der Waals surface area contributed by atoms with Gasteiger partial charge in [-0.1, -0.05) is 24.3 Å². The first-order valence-electron chi connectivity index (χ1n) is 4.96. The molecule has 0 saturated heterocycles. The van der Waals surface area contributed by atoms with Crippen molar-refractivity contribution in [2.75, 3.05) is 5.31 Å². The molecular formula is C12H9NO. The largest absolute Gasteiger partial charge is 0.453 e. The number of hydrogen-bond acceptors (Lipinski definition) is 2. The lowest BCUT2D eigenvalue weighted by molar-refractivity contribution is 0.481. The minimum absolute atomic E-state index is 0.728. The fraction of sp³-hybridized carbons (Fsp3) is 0. The van der Waals surface area contributed by atoms with Gasteiger partial charge in [-0.3, -0.25) is 0 Å². The third-order valence-corrected chi connectivity index (χ3v) is 2.19. The van der Waals surface area contributed by atoms with Gasteiger partial charge in [-0.25, -0.2) is 0 Å². The zero-order valence-electron chi connectivity index (χ0n) is 8.47. The lowest BCUT2D eigenvalue weighted by atomic mass is 10.2. The quantitative estimate of drug-likeness (QED) is 0.677. The summed E-state index contributed by atoms with van der Waals surface area (Å²) in [5.74, 6) is 1.46. The molecule has 68 valence electrons. The van der Waals surface area contributed by atoms with Crippen LogP contribution in [-0.2, 0) is 0 Å². The molecule has 1 N–H and O–H groups in total. The predicted octanol–water partition coefficient (Wildman–Crippen LogP) is 3.54. The number of para-hydroxylation sites is 4. The number of hydrogen-bond donors (Lipinski definition) is 1. The third kappa shape index (κ3) is 1.04. The van der Waals surface area contributed by atoms with Crippen molar-refractivity contribution >= 4 is 11.4 Å². The lowest BCUT2D eigenvalue weighted by Gasteiger charge is -2.20. The zero-order chi connectivity index (χ0) is 10.3. The summed E-state index contributed by atoms with van der Waals surface area (Å²) in [4.78, 5) is 0. The molecule has 0 amide bonds. The van der Waals surface area contributed by atoms with E-state index in [1.807, 2.05) is 48.5 Å². The predicted molar refractivity (Wildman–Crippen MR) is 56.2 cm³/mol. The number of nitrogens with one attached hydrogen (secondary N) is 1. The van der Waals surface area contributed by atoms with E-state index in [9.17, 15) is 0 Å². The molecular weight excluding hydrogens is 174 g/mol. The Labute approximate surface area is 83.6 Å². The van der Waals surface area contributed by atoms with Gasteiger partial charge in [0, 0.05) is 0 Å². The molecule has 2 aromatic rings. The fourth-order valence-electron chi connectivity index (χ4n) is 1.52. The van der Waals surface area contributed by atoms with E-state index >= 15 is 0 Å². The van der Waals surface area contributed by atoms with Crippen LogP contribution in [0.15, 0.2) is 48.5 Å². The number of anilines is 2. The molecule has 1 heterocycles. The first-order valence-corrected chi connectivity index (χ1v) is 4.51. The van der Waals surface area contributed by atoms with Gasteiger partial charge in [-0.05, 0) is 24.3 Å². The number of benzene rings is 2. The van der Waals surface area contributed by atoms with Gasteiger partial charge in [-0.15, -0.1) is 0 Å². The molecule has 0 fully saturated rings. The number of rotatable bonds is 0. The topological polar surface area (TPSA) is 21.3 Å². The van der Waals surface area contributed by atoms with Crippen LogP contribution < -0.4 is 10.0 Å². The van der Waals surface area contributed by atoms with E-state index in [0.717, 1.165) is 22.9 Å². The van der Waals surface area contributed by atoms with E-state index in [0.29, 0.717) is 0 Å². The Hall–Kier alpha value is -1.96. The fourth-order valence-corrected chi connectivity index (χ4v) is 1.52. The van der Waals surface area contributed by atoms with Crippen LogP contribution in [0, 0.1) is 0 Å². The Kier molecular flexibility index (Phi) is 1.28. The molecule has 0 aromatic heterocycles. The lowest BCUT2D eigenvalue weighted by Crippen LogP contribution is -2.01. The smallest absolute Gasteiger partial charge is 0.167 e. The van der Waals surface area contributed by atoms with Crippen LogP contribution in [0.25, 0.3) is 0 Å². The van der Waals surface area contributed by atoms with Gasteiger partial charge < -0.3 is 10.0 Å². The summed E-state index contributed by atoms with van der Waals surface area (Å²) < 4.78 is 13.7. The monoisotopic (exact) mass is 185 g/mol. The van der Waals surface area contributed by atoms with Crippen LogP contribution in [0.3, 0.4) is 0 Å². The van der Waals surface area contributed by atoms with Crippen LogP contribution in [0.4, 0.5) is 11.4 Å². The molecule has 0 radical (unpaired) electrons. The molecule has 0 saturated carbocycles. The van der Waals surface area contributed by atoms with Crippen molar-refractivity contribution in [3.8, 4) is 11.5 Å². The van der Waals surface area contributed by atoms with Crippen molar-refractivity contribution in [3.63, 3.8) is 0 Å². The van der Waals surface area contributed by atoms with Crippen molar-refractivity contribution in [3.05, 3.63) is 48.5 Å². The summed E-state index contributed by atoms with van der Waals surface area (Å²) >= 11 is 0. The van der Waals surface area contributed by atoms with Crippen LogP contribution >= 0.6 is 0 Å². The highest BCUT2D eigenvalue weighted by molar-refractivity contribution is 5.75. The Morgan fingerprint density at radius 2 is 1.36 bits per heavy atom. The molecule has 14 heavy (non-hydrogen) atoms. The molecule has 0 atom stereocenters. The van der Waals surface area contributed by atoms with E-state index in [4.69, 9.17) is 6.15 Å². The summed E-state index contributed by atoms with van der Waals surface area (Å²) in [6.07, 6.45) is 0. The molecule has 1 aliphatic heterocycles. The molecule has 0 aliphatic carbocycles. The summed E-state index contributed by atoms with van der Waals surface area (Å²) in [5, 5.41) is 1.40.